The van der Waals surface area contributed by atoms with Gasteiger partial charge in [0.2, 0.25) is 11.8 Å². The highest BCUT2D eigenvalue weighted by Gasteiger charge is 2.38. The van der Waals surface area contributed by atoms with Crippen molar-refractivity contribution in [1.29, 1.82) is 0 Å². The minimum atomic E-state index is -0.255. The third-order valence-electron chi connectivity index (χ3n) is 7.37. The van der Waals surface area contributed by atoms with Crippen LogP contribution >= 0.6 is 0 Å². The highest BCUT2D eigenvalue weighted by atomic mass is 16.2. The van der Waals surface area contributed by atoms with Crippen molar-refractivity contribution in [2.75, 3.05) is 44.2 Å². The Morgan fingerprint density at radius 1 is 0.971 bits per heavy atom. The van der Waals surface area contributed by atoms with Gasteiger partial charge in [0, 0.05) is 75.9 Å². The molecule has 5 rings (SSSR count). The van der Waals surface area contributed by atoms with E-state index >= 15 is 0 Å². The van der Waals surface area contributed by atoms with Crippen LogP contribution in [0.5, 0.6) is 0 Å². The summed E-state index contributed by atoms with van der Waals surface area (Å²) in [4.78, 5) is 36.6. The molecule has 2 saturated heterocycles. The molecule has 0 N–H and O–H groups in total. The number of amides is 2. The lowest BCUT2D eigenvalue weighted by atomic mass is 10.1. The lowest BCUT2D eigenvalue weighted by Gasteiger charge is -2.36. The van der Waals surface area contributed by atoms with E-state index in [1.165, 1.54) is 5.56 Å². The van der Waals surface area contributed by atoms with Crippen LogP contribution in [-0.4, -0.2) is 70.4 Å². The molecule has 0 bridgehead atoms. The SMILES string of the molecule is Cc1ccc(N2CC(C(=O)N3CCN(CCn4ccnc4-c4ccccc4)CC3)CC2=O)cc1C. The molecule has 7 nitrogen and oxygen atoms in total. The maximum atomic E-state index is 13.2. The van der Waals surface area contributed by atoms with E-state index in [0.717, 1.165) is 48.8 Å². The maximum absolute atomic E-state index is 13.2. The van der Waals surface area contributed by atoms with E-state index < -0.39 is 0 Å². The molecule has 35 heavy (non-hydrogen) atoms. The van der Waals surface area contributed by atoms with Gasteiger partial charge in [0.1, 0.15) is 5.82 Å². The highest BCUT2D eigenvalue weighted by molar-refractivity contribution is 6.00. The van der Waals surface area contributed by atoms with Crippen molar-refractivity contribution in [1.82, 2.24) is 19.4 Å². The van der Waals surface area contributed by atoms with Crippen LogP contribution in [-0.2, 0) is 16.1 Å². The number of carbonyl (C=O) groups excluding carboxylic acids is 2. The average molecular weight is 472 g/mol. The first-order valence-electron chi connectivity index (χ1n) is 12.4. The number of aromatic nitrogens is 2. The molecule has 0 radical (unpaired) electrons. The Morgan fingerprint density at radius 2 is 1.74 bits per heavy atom. The van der Waals surface area contributed by atoms with E-state index in [9.17, 15) is 9.59 Å². The van der Waals surface area contributed by atoms with Crippen LogP contribution in [0.2, 0.25) is 0 Å². The number of aryl methyl sites for hydroxylation is 2. The van der Waals surface area contributed by atoms with Gasteiger partial charge in [0.15, 0.2) is 0 Å². The van der Waals surface area contributed by atoms with Gasteiger partial charge in [0.25, 0.3) is 0 Å². The number of anilines is 1. The summed E-state index contributed by atoms with van der Waals surface area (Å²) >= 11 is 0. The van der Waals surface area contributed by atoms with Gasteiger partial charge >= 0.3 is 0 Å². The van der Waals surface area contributed by atoms with Crippen molar-refractivity contribution in [3.05, 3.63) is 72.1 Å². The molecule has 7 heteroatoms. The Kier molecular flexibility index (Phi) is 6.68. The molecule has 0 saturated carbocycles. The largest absolute Gasteiger partial charge is 0.340 e. The minimum Gasteiger partial charge on any atom is -0.340 e. The summed E-state index contributed by atoms with van der Waals surface area (Å²) in [6.07, 6.45) is 4.18. The van der Waals surface area contributed by atoms with Crippen LogP contribution in [0.1, 0.15) is 17.5 Å². The topological polar surface area (TPSA) is 61.7 Å². The predicted octanol–water partition coefficient (Wildman–Crippen LogP) is 3.36. The molecule has 2 fully saturated rings. The van der Waals surface area contributed by atoms with Gasteiger partial charge in [0.05, 0.1) is 5.92 Å². The number of hydrogen-bond acceptors (Lipinski definition) is 4. The Balaban J connectivity index is 1.13. The molecule has 2 amide bonds. The number of benzene rings is 2. The Bertz CT molecular complexity index is 1200. The summed E-state index contributed by atoms with van der Waals surface area (Å²) in [5.74, 6) is 0.888. The Morgan fingerprint density at radius 3 is 2.49 bits per heavy atom. The molecule has 3 aromatic rings. The van der Waals surface area contributed by atoms with Gasteiger partial charge in [-0.05, 0) is 37.1 Å². The monoisotopic (exact) mass is 471 g/mol. The van der Waals surface area contributed by atoms with Gasteiger partial charge in [-0.3, -0.25) is 14.5 Å². The molecule has 182 valence electrons. The zero-order valence-electron chi connectivity index (χ0n) is 20.6. The molecule has 3 heterocycles. The van der Waals surface area contributed by atoms with Crippen molar-refractivity contribution in [3.8, 4) is 11.4 Å². The van der Waals surface area contributed by atoms with Crippen molar-refractivity contribution < 1.29 is 9.59 Å². The minimum absolute atomic E-state index is 0.0415. The van der Waals surface area contributed by atoms with E-state index in [4.69, 9.17) is 0 Å². The molecule has 2 aliphatic heterocycles. The van der Waals surface area contributed by atoms with Gasteiger partial charge in [-0.1, -0.05) is 36.4 Å². The summed E-state index contributed by atoms with van der Waals surface area (Å²) < 4.78 is 2.19. The summed E-state index contributed by atoms with van der Waals surface area (Å²) in [5.41, 5.74) is 4.38. The lowest BCUT2D eigenvalue weighted by Crippen LogP contribution is -2.51. The van der Waals surface area contributed by atoms with Crippen molar-refractivity contribution in [2.45, 2.75) is 26.8 Å². The molecule has 2 aromatic carbocycles. The van der Waals surface area contributed by atoms with Crippen LogP contribution in [0.3, 0.4) is 0 Å². The fourth-order valence-corrected chi connectivity index (χ4v) is 5.05. The molecular weight excluding hydrogens is 438 g/mol. The summed E-state index contributed by atoms with van der Waals surface area (Å²) in [6.45, 7) is 9.49. The Labute approximate surface area is 207 Å². The fourth-order valence-electron chi connectivity index (χ4n) is 5.05. The van der Waals surface area contributed by atoms with E-state index in [1.54, 1.807) is 4.90 Å². The third-order valence-corrected chi connectivity index (χ3v) is 7.37. The lowest BCUT2D eigenvalue weighted by molar-refractivity contribution is -0.137. The fraction of sp³-hybridized carbons (Fsp3) is 0.393. The van der Waals surface area contributed by atoms with Gasteiger partial charge in [-0.25, -0.2) is 4.98 Å². The molecule has 2 aliphatic rings. The van der Waals surface area contributed by atoms with E-state index in [1.807, 2.05) is 53.7 Å². The van der Waals surface area contributed by atoms with Crippen molar-refractivity contribution >= 4 is 17.5 Å². The van der Waals surface area contributed by atoms with Crippen LogP contribution < -0.4 is 4.90 Å². The molecular formula is C28H33N5O2. The quantitative estimate of drug-likeness (QED) is 0.553. The first-order valence-corrected chi connectivity index (χ1v) is 12.4. The molecule has 1 aromatic heterocycles. The molecule has 0 spiro atoms. The average Bonchev–Trinajstić information content (AvgIpc) is 3.51. The van der Waals surface area contributed by atoms with Crippen LogP contribution in [0.4, 0.5) is 5.69 Å². The summed E-state index contributed by atoms with van der Waals surface area (Å²) in [7, 11) is 0. The summed E-state index contributed by atoms with van der Waals surface area (Å²) in [6, 6.07) is 16.3. The number of imidazole rings is 1. The maximum Gasteiger partial charge on any atom is 0.228 e. The standard InChI is InChI=1S/C28H33N5O2/c1-21-8-9-25(18-22(21)2)33-20-24(19-26(33)34)28(35)32-16-13-30(14-17-32)12-15-31-11-10-29-27(31)23-6-4-3-5-7-23/h3-11,18,24H,12-17,19-20H2,1-2H3. The first-order chi connectivity index (χ1) is 17.0. The van der Waals surface area contributed by atoms with Crippen molar-refractivity contribution in [2.24, 2.45) is 5.92 Å². The third kappa shape index (κ3) is 5.00. The first kappa shape index (κ1) is 23.3. The molecule has 0 aliphatic carbocycles. The Hall–Kier alpha value is -3.45. The van der Waals surface area contributed by atoms with Crippen LogP contribution in [0.15, 0.2) is 60.9 Å². The van der Waals surface area contributed by atoms with E-state index in [2.05, 4.69) is 40.4 Å². The van der Waals surface area contributed by atoms with Gasteiger partial charge < -0.3 is 14.4 Å². The van der Waals surface area contributed by atoms with Crippen LogP contribution in [0, 0.1) is 19.8 Å². The second-order valence-corrected chi connectivity index (χ2v) is 9.65. The van der Waals surface area contributed by atoms with E-state index in [0.29, 0.717) is 26.1 Å². The molecule has 1 unspecified atom stereocenters. The van der Waals surface area contributed by atoms with Crippen molar-refractivity contribution in [3.63, 3.8) is 0 Å². The second-order valence-electron chi connectivity index (χ2n) is 9.65. The number of carbonyl (C=O) groups is 2. The number of hydrogen-bond donors (Lipinski definition) is 0. The predicted molar refractivity (Wildman–Crippen MR) is 137 cm³/mol. The highest BCUT2D eigenvalue weighted by Crippen LogP contribution is 2.28. The smallest absolute Gasteiger partial charge is 0.228 e. The zero-order chi connectivity index (χ0) is 24.4. The van der Waals surface area contributed by atoms with E-state index in [-0.39, 0.29) is 17.7 Å². The van der Waals surface area contributed by atoms with Gasteiger partial charge in [-0.2, -0.15) is 0 Å². The zero-order valence-corrected chi connectivity index (χ0v) is 20.6. The number of rotatable bonds is 6. The number of nitrogens with zero attached hydrogens (tertiary/aromatic N) is 5. The van der Waals surface area contributed by atoms with Crippen LogP contribution in [0.25, 0.3) is 11.4 Å². The van der Waals surface area contributed by atoms with Gasteiger partial charge in [-0.15, -0.1) is 0 Å². The second kappa shape index (κ2) is 10.0. The normalized spacial score (nSPS) is 18.9. The number of piperazine rings is 1. The molecule has 1 atom stereocenters. The summed E-state index contributed by atoms with van der Waals surface area (Å²) in [5, 5.41) is 0.